The fourth-order valence-corrected chi connectivity index (χ4v) is 3.53. The number of rotatable bonds is 7. The van der Waals surface area contributed by atoms with Crippen LogP contribution in [0.4, 0.5) is 0 Å². The highest BCUT2D eigenvalue weighted by molar-refractivity contribution is 5.89. The number of fused-ring (bicyclic) bond motifs is 1. The van der Waals surface area contributed by atoms with Crippen LogP contribution in [0.3, 0.4) is 0 Å². The van der Waals surface area contributed by atoms with Crippen molar-refractivity contribution in [2.75, 3.05) is 33.0 Å². The van der Waals surface area contributed by atoms with E-state index < -0.39 is 5.54 Å². The van der Waals surface area contributed by atoms with Crippen LogP contribution in [0.1, 0.15) is 26.7 Å². The fourth-order valence-electron chi connectivity index (χ4n) is 3.53. The highest BCUT2D eigenvalue weighted by atomic mass is 16.5. The summed E-state index contributed by atoms with van der Waals surface area (Å²) in [6.07, 6.45) is 1.68. The molecule has 4 N–H and O–H groups in total. The van der Waals surface area contributed by atoms with E-state index in [0.717, 1.165) is 6.42 Å². The first-order valence-electron chi connectivity index (χ1n) is 7.33. The number of hydrogen-bond donors (Lipinski definition) is 3. The van der Waals surface area contributed by atoms with Gasteiger partial charge >= 0.3 is 0 Å². The van der Waals surface area contributed by atoms with E-state index in [0.29, 0.717) is 32.8 Å². The third-order valence-corrected chi connectivity index (χ3v) is 4.82. The predicted molar refractivity (Wildman–Crippen MR) is 74.1 cm³/mol. The van der Waals surface area contributed by atoms with Crippen LogP contribution in [-0.2, 0) is 14.3 Å². The van der Waals surface area contributed by atoms with Crippen LogP contribution in [0, 0.1) is 11.3 Å². The maximum Gasteiger partial charge on any atom is 0.241 e. The van der Waals surface area contributed by atoms with Crippen LogP contribution in [0.25, 0.3) is 0 Å². The Balaban J connectivity index is 1.80. The lowest BCUT2D eigenvalue weighted by Crippen LogP contribution is -2.80. The lowest BCUT2D eigenvalue weighted by atomic mass is 9.48. The largest absolute Gasteiger partial charge is 0.394 e. The molecule has 0 bridgehead atoms. The van der Waals surface area contributed by atoms with Crippen LogP contribution in [0.5, 0.6) is 0 Å². The molecule has 3 atom stereocenters. The van der Waals surface area contributed by atoms with Crippen molar-refractivity contribution in [2.24, 2.45) is 17.1 Å². The summed E-state index contributed by atoms with van der Waals surface area (Å²) in [6.45, 7) is 6.12. The first kappa shape index (κ1) is 15.7. The molecule has 0 radical (unpaired) electrons. The maximum absolute atomic E-state index is 12.4. The molecule has 2 aliphatic rings. The zero-order chi connectivity index (χ0) is 14.8. The molecule has 1 saturated heterocycles. The van der Waals surface area contributed by atoms with Gasteiger partial charge in [0.2, 0.25) is 5.91 Å². The Morgan fingerprint density at radius 1 is 1.50 bits per heavy atom. The third-order valence-electron chi connectivity index (χ3n) is 4.82. The summed E-state index contributed by atoms with van der Waals surface area (Å²) in [7, 11) is 0. The number of carbonyl (C=O) groups excluding carboxylic acids is 1. The summed E-state index contributed by atoms with van der Waals surface area (Å²) >= 11 is 0. The van der Waals surface area contributed by atoms with E-state index in [1.165, 1.54) is 0 Å². The van der Waals surface area contributed by atoms with Crippen LogP contribution in [0.15, 0.2) is 0 Å². The molecule has 116 valence electrons. The molecular formula is C14H26N2O4. The number of nitrogens with two attached hydrogens (primary N) is 1. The molecule has 6 nitrogen and oxygen atoms in total. The van der Waals surface area contributed by atoms with E-state index in [4.69, 9.17) is 20.3 Å². The summed E-state index contributed by atoms with van der Waals surface area (Å²) in [5.41, 5.74) is 5.25. The molecule has 2 fully saturated rings. The van der Waals surface area contributed by atoms with Crippen LogP contribution < -0.4 is 11.1 Å². The minimum Gasteiger partial charge on any atom is -0.394 e. The number of amides is 1. The summed E-state index contributed by atoms with van der Waals surface area (Å²) in [5, 5.41) is 11.5. The number of aliphatic hydroxyl groups excluding tert-OH is 1. The topological polar surface area (TPSA) is 93.8 Å². The van der Waals surface area contributed by atoms with E-state index in [1.807, 2.05) is 13.8 Å². The normalized spacial score (nSPS) is 34.4. The number of ether oxygens (including phenoxy) is 2. The van der Waals surface area contributed by atoms with E-state index in [9.17, 15) is 4.79 Å². The summed E-state index contributed by atoms with van der Waals surface area (Å²) < 4.78 is 10.8. The minimum atomic E-state index is -0.833. The number of nitrogens with one attached hydrogen (secondary N) is 1. The first-order chi connectivity index (χ1) is 9.46. The highest BCUT2D eigenvalue weighted by Crippen LogP contribution is 2.58. The van der Waals surface area contributed by atoms with E-state index >= 15 is 0 Å². The van der Waals surface area contributed by atoms with Crippen molar-refractivity contribution in [1.29, 1.82) is 0 Å². The molecule has 1 amide bonds. The number of hydrogen-bond acceptors (Lipinski definition) is 5. The molecule has 0 aromatic rings. The molecule has 2 rings (SSSR count). The lowest BCUT2D eigenvalue weighted by molar-refractivity contribution is -0.175. The number of carbonyl (C=O) groups is 1. The summed E-state index contributed by atoms with van der Waals surface area (Å²) in [6, 6.07) is 0. The van der Waals surface area contributed by atoms with Gasteiger partial charge in [-0.15, -0.1) is 0 Å². The first-order valence-corrected chi connectivity index (χ1v) is 7.33. The van der Waals surface area contributed by atoms with Gasteiger partial charge in [0.1, 0.15) is 5.54 Å². The molecular weight excluding hydrogens is 260 g/mol. The molecule has 1 aliphatic carbocycles. The van der Waals surface area contributed by atoms with Crippen molar-refractivity contribution in [3.05, 3.63) is 0 Å². The zero-order valence-electron chi connectivity index (χ0n) is 12.4. The molecule has 6 heteroatoms. The van der Waals surface area contributed by atoms with Gasteiger partial charge in [-0.25, -0.2) is 0 Å². The van der Waals surface area contributed by atoms with E-state index in [-0.39, 0.29) is 30.0 Å². The van der Waals surface area contributed by atoms with Gasteiger partial charge in [-0.2, -0.15) is 0 Å². The fraction of sp³-hybridized carbons (Fsp3) is 0.929. The molecule has 20 heavy (non-hydrogen) atoms. The van der Waals surface area contributed by atoms with Crippen molar-refractivity contribution in [3.8, 4) is 0 Å². The van der Waals surface area contributed by atoms with Crippen molar-refractivity contribution in [1.82, 2.24) is 5.32 Å². The van der Waals surface area contributed by atoms with Gasteiger partial charge in [-0.3, -0.25) is 4.79 Å². The summed E-state index contributed by atoms with van der Waals surface area (Å²) in [5.74, 6) is 0.0412. The molecule has 0 aromatic heterocycles. The maximum atomic E-state index is 12.4. The average molecular weight is 286 g/mol. The van der Waals surface area contributed by atoms with Crippen molar-refractivity contribution in [2.45, 2.75) is 38.3 Å². The van der Waals surface area contributed by atoms with Crippen LogP contribution >= 0.6 is 0 Å². The Hall–Kier alpha value is -0.690. The predicted octanol–water partition coefficient (Wildman–Crippen LogP) is -0.356. The van der Waals surface area contributed by atoms with E-state index in [2.05, 4.69) is 5.32 Å². The molecule has 3 unspecified atom stereocenters. The highest BCUT2D eigenvalue weighted by Gasteiger charge is 2.71. The third kappa shape index (κ3) is 2.35. The Kier molecular flexibility index (Phi) is 4.69. The van der Waals surface area contributed by atoms with E-state index in [1.54, 1.807) is 0 Å². The molecule has 0 aromatic carbocycles. The summed E-state index contributed by atoms with van der Waals surface area (Å²) in [4.78, 5) is 12.4. The van der Waals surface area contributed by atoms with Gasteiger partial charge in [0.05, 0.1) is 19.3 Å². The SMILES string of the molecule is CC1(C)C2OCCC2C1(N)C(=O)NCCCOCCO. The van der Waals surface area contributed by atoms with Crippen molar-refractivity contribution >= 4 is 5.91 Å². The zero-order valence-corrected chi connectivity index (χ0v) is 12.4. The average Bonchev–Trinajstić information content (AvgIpc) is 2.89. The number of aliphatic hydroxyl groups is 1. The molecule has 1 aliphatic heterocycles. The van der Waals surface area contributed by atoms with Gasteiger partial charge in [0, 0.05) is 31.1 Å². The minimum absolute atomic E-state index is 0.0233. The van der Waals surface area contributed by atoms with Gasteiger partial charge < -0.3 is 25.6 Å². The van der Waals surface area contributed by atoms with Crippen molar-refractivity contribution in [3.63, 3.8) is 0 Å². The molecule has 0 spiro atoms. The second kappa shape index (κ2) is 5.97. The smallest absolute Gasteiger partial charge is 0.241 e. The Labute approximate surface area is 120 Å². The quantitative estimate of drug-likeness (QED) is 0.556. The van der Waals surface area contributed by atoms with Crippen molar-refractivity contribution < 1.29 is 19.4 Å². The van der Waals surface area contributed by atoms with Gasteiger partial charge in [0.15, 0.2) is 0 Å². The second-order valence-corrected chi connectivity index (χ2v) is 6.22. The standard InChI is InChI=1S/C14H26N2O4/c1-13(2)11-10(4-8-20-11)14(13,15)12(18)16-5-3-7-19-9-6-17/h10-11,17H,3-9,15H2,1-2H3,(H,16,18). The Bertz CT molecular complexity index is 361. The second-order valence-electron chi connectivity index (χ2n) is 6.22. The van der Waals surface area contributed by atoms with Crippen LogP contribution in [0.2, 0.25) is 0 Å². The lowest BCUT2D eigenvalue weighted by Gasteiger charge is -2.60. The molecule has 1 saturated carbocycles. The van der Waals surface area contributed by atoms with Crippen LogP contribution in [-0.4, -0.2) is 55.6 Å². The molecule has 1 heterocycles. The Morgan fingerprint density at radius 2 is 2.25 bits per heavy atom. The van der Waals surface area contributed by atoms with Gasteiger partial charge in [-0.1, -0.05) is 13.8 Å². The monoisotopic (exact) mass is 286 g/mol. The van der Waals surface area contributed by atoms with Gasteiger partial charge in [0.25, 0.3) is 0 Å². The Morgan fingerprint density at radius 3 is 2.95 bits per heavy atom. The van der Waals surface area contributed by atoms with Gasteiger partial charge in [-0.05, 0) is 12.8 Å².